The third kappa shape index (κ3) is 8.47. The lowest BCUT2D eigenvalue weighted by Gasteiger charge is -2.32. The first kappa shape index (κ1) is 25.7. The van der Waals surface area contributed by atoms with Crippen LogP contribution in [0.25, 0.3) is 0 Å². The van der Waals surface area contributed by atoms with Crippen LogP contribution in [0.5, 0.6) is 0 Å². The number of carbonyl (C=O) groups is 2. The van der Waals surface area contributed by atoms with Crippen LogP contribution >= 0.6 is 0 Å². The molecule has 31 heavy (non-hydrogen) atoms. The number of nitrogens with one attached hydrogen (secondary N) is 1. The maximum absolute atomic E-state index is 11.6. The quantitative estimate of drug-likeness (QED) is 0.333. The predicted molar refractivity (Wildman–Crippen MR) is 129 cm³/mol. The summed E-state index contributed by atoms with van der Waals surface area (Å²) in [6.45, 7) is 7.40. The molecule has 1 aromatic rings. The van der Waals surface area contributed by atoms with Gasteiger partial charge in [-0.25, -0.2) is 0 Å². The summed E-state index contributed by atoms with van der Waals surface area (Å²) in [7, 11) is 4.00. The third-order valence-electron chi connectivity index (χ3n) is 6.73. The van der Waals surface area contributed by atoms with E-state index in [9.17, 15) is 9.59 Å². The van der Waals surface area contributed by atoms with Gasteiger partial charge in [0.1, 0.15) is 12.6 Å². The lowest BCUT2D eigenvalue weighted by molar-refractivity contribution is -0.112. The molecular weight excluding hydrogens is 386 g/mol. The molecule has 1 fully saturated rings. The molecule has 5 heteroatoms. The van der Waals surface area contributed by atoms with Gasteiger partial charge in [0.05, 0.1) is 6.04 Å². The van der Waals surface area contributed by atoms with Crippen molar-refractivity contribution in [3.05, 3.63) is 34.9 Å². The Balaban J connectivity index is 1.89. The van der Waals surface area contributed by atoms with Gasteiger partial charge in [0.2, 0.25) is 0 Å². The molecule has 1 heterocycles. The highest BCUT2D eigenvalue weighted by atomic mass is 16.1. The summed E-state index contributed by atoms with van der Waals surface area (Å²) >= 11 is 0. The number of piperidine rings is 1. The summed E-state index contributed by atoms with van der Waals surface area (Å²) in [5.74, 6) is 0.564. The molecule has 1 N–H and O–H groups in total. The van der Waals surface area contributed by atoms with Crippen molar-refractivity contribution in [2.45, 2.75) is 76.8 Å². The standard InChI is InChI=1S/C26H43N3O2/c1-4-9-26(21-31)28(3)19-25-18-23(10-11-24(25)20-30)22-12-16-29(17-13-22)15-8-6-5-7-14-27-2/h10-11,18,20-22,26-27H,4-9,12-17,19H2,1-3H3. The van der Waals surface area contributed by atoms with E-state index in [1.54, 1.807) is 0 Å². The Morgan fingerprint density at radius 1 is 1.16 bits per heavy atom. The normalized spacial score (nSPS) is 16.5. The lowest BCUT2D eigenvalue weighted by Crippen LogP contribution is -2.34. The zero-order valence-electron chi connectivity index (χ0n) is 19.9. The first-order chi connectivity index (χ1) is 15.1. The Labute approximate surface area is 189 Å². The number of likely N-dealkylation sites (N-methyl/N-ethyl adjacent to an activating group) is 1. The highest BCUT2D eigenvalue weighted by molar-refractivity contribution is 5.77. The number of aldehydes is 2. The Hall–Kier alpha value is -1.56. The number of hydrogen-bond acceptors (Lipinski definition) is 5. The first-order valence-electron chi connectivity index (χ1n) is 12.2. The van der Waals surface area contributed by atoms with Crippen LogP contribution in [0.3, 0.4) is 0 Å². The summed E-state index contributed by atoms with van der Waals surface area (Å²) in [6.07, 6.45) is 11.4. The van der Waals surface area contributed by atoms with E-state index in [1.807, 2.05) is 20.2 Å². The van der Waals surface area contributed by atoms with Gasteiger partial charge in [-0.15, -0.1) is 0 Å². The number of likely N-dealkylation sites (tertiary alicyclic amines) is 1. The third-order valence-corrected chi connectivity index (χ3v) is 6.73. The number of hydrogen-bond donors (Lipinski definition) is 1. The van der Waals surface area contributed by atoms with E-state index in [0.717, 1.165) is 56.2 Å². The van der Waals surface area contributed by atoms with Crippen molar-refractivity contribution >= 4 is 12.6 Å². The molecule has 1 aliphatic heterocycles. The van der Waals surface area contributed by atoms with E-state index in [2.05, 4.69) is 34.2 Å². The molecule has 1 atom stereocenters. The topological polar surface area (TPSA) is 52.7 Å². The Bertz CT molecular complexity index is 656. The van der Waals surface area contributed by atoms with Crippen LogP contribution in [0, 0.1) is 0 Å². The van der Waals surface area contributed by atoms with Gasteiger partial charge < -0.3 is 15.0 Å². The minimum atomic E-state index is -0.0883. The van der Waals surface area contributed by atoms with Crippen LogP contribution in [-0.2, 0) is 11.3 Å². The summed E-state index contributed by atoms with van der Waals surface area (Å²) < 4.78 is 0. The van der Waals surface area contributed by atoms with E-state index in [-0.39, 0.29) is 6.04 Å². The Kier molecular flexibility index (Phi) is 12.0. The highest BCUT2D eigenvalue weighted by Gasteiger charge is 2.22. The second kappa shape index (κ2) is 14.5. The van der Waals surface area contributed by atoms with Gasteiger partial charge in [-0.3, -0.25) is 9.69 Å². The summed E-state index contributed by atoms with van der Waals surface area (Å²) in [4.78, 5) is 27.7. The lowest BCUT2D eigenvalue weighted by atomic mass is 9.87. The van der Waals surface area contributed by atoms with E-state index in [1.165, 1.54) is 50.6 Å². The fourth-order valence-corrected chi connectivity index (χ4v) is 4.69. The molecule has 0 aromatic heterocycles. The molecule has 0 spiro atoms. The van der Waals surface area contributed by atoms with Gasteiger partial charge in [-0.1, -0.05) is 44.4 Å². The minimum absolute atomic E-state index is 0.0883. The van der Waals surface area contributed by atoms with E-state index in [0.29, 0.717) is 12.5 Å². The van der Waals surface area contributed by atoms with Gasteiger partial charge in [0.15, 0.2) is 0 Å². The van der Waals surface area contributed by atoms with Gasteiger partial charge in [-0.05, 0) is 89.4 Å². The van der Waals surface area contributed by atoms with Crippen LogP contribution in [-0.4, -0.2) is 68.7 Å². The number of rotatable bonds is 15. The van der Waals surface area contributed by atoms with E-state index >= 15 is 0 Å². The Morgan fingerprint density at radius 2 is 1.90 bits per heavy atom. The minimum Gasteiger partial charge on any atom is -0.320 e. The SMILES string of the molecule is CCCC(C=O)N(C)Cc1cc(C2CCN(CCCCCCNC)CC2)ccc1C=O. The van der Waals surface area contributed by atoms with Crippen LogP contribution in [0.15, 0.2) is 18.2 Å². The monoisotopic (exact) mass is 429 g/mol. The molecular formula is C26H43N3O2. The number of unbranched alkanes of at least 4 members (excludes halogenated alkanes) is 3. The molecule has 0 radical (unpaired) electrons. The van der Waals surface area contributed by atoms with Gasteiger partial charge in [-0.2, -0.15) is 0 Å². The summed E-state index contributed by atoms with van der Waals surface area (Å²) in [5.41, 5.74) is 3.13. The van der Waals surface area contributed by atoms with Crippen molar-refractivity contribution in [2.75, 3.05) is 40.3 Å². The van der Waals surface area contributed by atoms with Crippen LogP contribution in [0.4, 0.5) is 0 Å². The average Bonchev–Trinajstić information content (AvgIpc) is 2.80. The van der Waals surface area contributed by atoms with E-state index in [4.69, 9.17) is 0 Å². The molecule has 1 saturated heterocycles. The second-order valence-electron chi connectivity index (χ2n) is 9.12. The fourth-order valence-electron chi connectivity index (χ4n) is 4.69. The van der Waals surface area contributed by atoms with Crippen molar-refractivity contribution in [2.24, 2.45) is 0 Å². The molecule has 0 aliphatic carbocycles. The molecule has 0 amide bonds. The zero-order chi connectivity index (χ0) is 22.5. The van der Waals surface area contributed by atoms with Crippen molar-refractivity contribution in [1.29, 1.82) is 0 Å². The van der Waals surface area contributed by atoms with Gasteiger partial charge in [0.25, 0.3) is 0 Å². The molecule has 1 aromatic carbocycles. The van der Waals surface area contributed by atoms with Gasteiger partial charge in [0, 0.05) is 12.1 Å². The molecule has 1 aliphatic rings. The molecule has 0 saturated carbocycles. The largest absolute Gasteiger partial charge is 0.320 e. The van der Waals surface area contributed by atoms with Gasteiger partial charge >= 0.3 is 0 Å². The smallest absolute Gasteiger partial charge is 0.150 e. The van der Waals surface area contributed by atoms with Crippen molar-refractivity contribution in [3.63, 3.8) is 0 Å². The molecule has 2 rings (SSSR count). The fraction of sp³-hybridized carbons (Fsp3) is 0.692. The molecule has 0 bridgehead atoms. The van der Waals surface area contributed by atoms with Crippen LogP contribution < -0.4 is 5.32 Å². The van der Waals surface area contributed by atoms with E-state index < -0.39 is 0 Å². The van der Waals surface area contributed by atoms with Crippen LogP contribution in [0.1, 0.15) is 85.7 Å². The molecule has 5 nitrogen and oxygen atoms in total. The Morgan fingerprint density at radius 3 is 2.55 bits per heavy atom. The van der Waals surface area contributed by atoms with Crippen molar-refractivity contribution in [3.8, 4) is 0 Å². The summed E-state index contributed by atoms with van der Waals surface area (Å²) in [6, 6.07) is 6.24. The number of nitrogens with zero attached hydrogens (tertiary/aromatic N) is 2. The van der Waals surface area contributed by atoms with Crippen LogP contribution in [0.2, 0.25) is 0 Å². The highest BCUT2D eigenvalue weighted by Crippen LogP contribution is 2.30. The average molecular weight is 430 g/mol. The maximum Gasteiger partial charge on any atom is 0.150 e. The maximum atomic E-state index is 11.6. The summed E-state index contributed by atoms with van der Waals surface area (Å²) in [5, 5.41) is 3.22. The predicted octanol–water partition coefficient (Wildman–Crippen LogP) is 4.26. The molecule has 1 unspecified atom stereocenters. The number of carbonyl (C=O) groups excluding carboxylic acids is 2. The first-order valence-corrected chi connectivity index (χ1v) is 12.2. The second-order valence-corrected chi connectivity index (χ2v) is 9.12. The zero-order valence-corrected chi connectivity index (χ0v) is 19.9. The molecule has 174 valence electrons. The van der Waals surface area contributed by atoms with Crippen molar-refractivity contribution < 1.29 is 9.59 Å². The van der Waals surface area contributed by atoms with Crippen molar-refractivity contribution in [1.82, 2.24) is 15.1 Å². The number of benzene rings is 1.